The Bertz CT molecular complexity index is 545. The van der Waals surface area contributed by atoms with Gasteiger partial charge in [0.25, 0.3) is 0 Å². The molecule has 1 amide bonds. The van der Waals surface area contributed by atoms with Crippen LogP contribution in [0.25, 0.3) is 0 Å². The van der Waals surface area contributed by atoms with E-state index < -0.39 is 17.2 Å². The van der Waals surface area contributed by atoms with Gasteiger partial charge in [-0.05, 0) is 31.9 Å². The van der Waals surface area contributed by atoms with Crippen LogP contribution in [0.1, 0.15) is 45.4 Å². The van der Waals surface area contributed by atoms with Crippen LogP contribution in [0.4, 0.5) is 8.78 Å². The van der Waals surface area contributed by atoms with E-state index >= 15 is 0 Å². The Kier molecular flexibility index (Phi) is 5.93. The average Bonchev–Trinajstić information content (AvgIpc) is 2.46. The first-order valence-corrected chi connectivity index (χ1v) is 7.98. The molecule has 0 aliphatic heterocycles. The van der Waals surface area contributed by atoms with Crippen molar-refractivity contribution in [3.8, 4) is 5.75 Å². The van der Waals surface area contributed by atoms with Gasteiger partial charge in [-0.25, -0.2) is 8.78 Å². The molecule has 1 aromatic rings. The van der Waals surface area contributed by atoms with Gasteiger partial charge in [-0.15, -0.1) is 0 Å². The van der Waals surface area contributed by atoms with Crippen LogP contribution < -0.4 is 10.1 Å². The zero-order valence-corrected chi connectivity index (χ0v) is 13.3. The van der Waals surface area contributed by atoms with E-state index in [1.807, 2.05) is 0 Å². The van der Waals surface area contributed by atoms with Crippen molar-refractivity contribution >= 4 is 5.91 Å². The van der Waals surface area contributed by atoms with Crippen molar-refractivity contribution < 1.29 is 23.4 Å². The van der Waals surface area contributed by atoms with E-state index in [4.69, 9.17) is 4.74 Å². The maximum atomic E-state index is 13.4. The van der Waals surface area contributed by atoms with E-state index in [0.29, 0.717) is 12.8 Å². The first kappa shape index (κ1) is 17.7. The fourth-order valence-electron chi connectivity index (χ4n) is 2.86. The molecule has 6 heteroatoms. The smallest absolute Gasteiger partial charge is 0.223 e. The van der Waals surface area contributed by atoms with Crippen LogP contribution in [0.5, 0.6) is 5.75 Å². The van der Waals surface area contributed by atoms with Gasteiger partial charge >= 0.3 is 0 Å². The van der Waals surface area contributed by atoms with Crippen LogP contribution in [-0.2, 0) is 4.79 Å². The number of nitrogens with one attached hydrogen (secondary N) is 1. The Morgan fingerprint density at radius 3 is 2.70 bits per heavy atom. The largest absolute Gasteiger partial charge is 0.488 e. The minimum Gasteiger partial charge on any atom is -0.488 e. The summed E-state index contributed by atoms with van der Waals surface area (Å²) in [6, 6.07) is 2.72. The molecule has 1 fully saturated rings. The third kappa shape index (κ3) is 5.46. The Balaban J connectivity index is 1.77. The van der Waals surface area contributed by atoms with E-state index in [1.165, 1.54) is 6.07 Å². The highest BCUT2D eigenvalue weighted by Gasteiger charge is 2.31. The number of amides is 1. The average molecular weight is 327 g/mol. The Labute approximate surface area is 134 Å². The predicted octanol–water partition coefficient (Wildman–Crippen LogP) is 2.93. The summed E-state index contributed by atoms with van der Waals surface area (Å²) in [5.41, 5.74) is -0.911. The third-order valence-electron chi connectivity index (χ3n) is 4.06. The molecule has 1 atom stereocenters. The molecule has 1 unspecified atom stereocenters. The molecule has 0 spiro atoms. The van der Waals surface area contributed by atoms with Gasteiger partial charge in [0.1, 0.15) is 12.4 Å². The lowest BCUT2D eigenvalue weighted by Gasteiger charge is -2.31. The summed E-state index contributed by atoms with van der Waals surface area (Å²) in [5.74, 6) is -1.75. The Morgan fingerprint density at radius 2 is 2.04 bits per heavy atom. The van der Waals surface area contributed by atoms with E-state index in [0.717, 1.165) is 31.4 Å². The second kappa shape index (κ2) is 7.73. The number of hydrogen-bond donors (Lipinski definition) is 2. The minimum absolute atomic E-state index is 0.0570. The highest BCUT2D eigenvalue weighted by molar-refractivity contribution is 5.77. The summed E-state index contributed by atoms with van der Waals surface area (Å²) >= 11 is 0. The Hall–Kier alpha value is -1.69. The van der Waals surface area contributed by atoms with Crippen molar-refractivity contribution in [2.75, 3.05) is 6.61 Å². The first-order chi connectivity index (χ1) is 10.9. The fourth-order valence-corrected chi connectivity index (χ4v) is 2.86. The number of ether oxygens (including phenoxy) is 1. The molecule has 0 saturated heterocycles. The number of carbonyl (C=O) groups is 1. The van der Waals surface area contributed by atoms with E-state index in [2.05, 4.69) is 5.32 Å². The molecule has 1 aliphatic rings. The highest BCUT2D eigenvalue weighted by atomic mass is 19.1. The van der Waals surface area contributed by atoms with Crippen LogP contribution in [-0.4, -0.2) is 29.3 Å². The normalized spacial score (nSPS) is 18.3. The highest BCUT2D eigenvalue weighted by Crippen LogP contribution is 2.30. The molecule has 2 N–H and O–H groups in total. The molecule has 23 heavy (non-hydrogen) atoms. The molecule has 2 rings (SSSR count). The van der Waals surface area contributed by atoms with Gasteiger partial charge in [-0.1, -0.05) is 19.3 Å². The maximum absolute atomic E-state index is 13.4. The molecule has 4 nitrogen and oxygen atoms in total. The lowest BCUT2D eigenvalue weighted by Crippen LogP contribution is -2.42. The van der Waals surface area contributed by atoms with Crippen molar-refractivity contribution in [1.29, 1.82) is 0 Å². The van der Waals surface area contributed by atoms with Gasteiger partial charge in [0.2, 0.25) is 5.91 Å². The van der Waals surface area contributed by atoms with Gasteiger partial charge in [-0.2, -0.15) is 0 Å². The number of aliphatic hydroxyl groups is 1. The lowest BCUT2D eigenvalue weighted by molar-refractivity contribution is -0.128. The second-order valence-corrected chi connectivity index (χ2v) is 6.32. The van der Waals surface area contributed by atoms with E-state index in [1.54, 1.807) is 6.92 Å². The quantitative estimate of drug-likeness (QED) is 0.844. The van der Waals surface area contributed by atoms with Gasteiger partial charge in [-0.3, -0.25) is 4.79 Å². The number of halogens is 2. The summed E-state index contributed by atoms with van der Waals surface area (Å²) in [5, 5.41) is 13.1. The minimum atomic E-state index is -0.911. The van der Waals surface area contributed by atoms with Crippen LogP contribution in [0.2, 0.25) is 0 Å². The van der Waals surface area contributed by atoms with E-state index in [9.17, 15) is 18.7 Å². The third-order valence-corrected chi connectivity index (χ3v) is 4.06. The van der Waals surface area contributed by atoms with E-state index in [-0.39, 0.29) is 30.7 Å². The number of rotatable bonds is 6. The molecule has 1 saturated carbocycles. The SMILES string of the molecule is CC(COc1ccc(F)cc1F)NC(=O)CC1(O)CCCCC1. The number of carbonyl (C=O) groups excluding carboxylic acids is 1. The molecule has 0 radical (unpaired) electrons. The summed E-state index contributed by atoms with van der Waals surface area (Å²) in [7, 11) is 0. The predicted molar refractivity (Wildman–Crippen MR) is 82.1 cm³/mol. The summed E-state index contributed by atoms with van der Waals surface area (Å²) in [6.07, 6.45) is 4.33. The summed E-state index contributed by atoms with van der Waals surface area (Å²) < 4.78 is 31.5. The van der Waals surface area contributed by atoms with Gasteiger partial charge in [0.05, 0.1) is 18.1 Å². The van der Waals surface area contributed by atoms with Gasteiger partial charge < -0.3 is 15.2 Å². The molecule has 128 valence electrons. The molecular weight excluding hydrogens is 304 g/mol. The van der Waals surface area contributed by atoms with Crippen molar-refractivity contribution in [3.05, 3.63) is 29.8 Å². The van der Waals surface area contributed by atoms with Gasteiger partial charge in [0, 0.05) is 6.07 Å². The lowest BCUT2D eigenvalue weighted by atomic mass is 9.82. The summed E-state index contributed by atoms with van der Waals surface area (Å²) in [6.45, 7) is 1.79. The topological polar surface area (TPSA) is 58.6 Å². The zero-order chi connectivity index (χ0) is 16.9. The number of hydrogen-bond acceptors (Lipinski definition) is 3. The molecule has 0 aromatic heterocycles. The molecule has 0 bridgehead atoms. The van der Waals surface area contributed by atoms with Crippen LogP contribution in [0, 0.1) is 11.6 Å². The van der Waals surface area contributed by atoms with Crippen molar-refractivity contribution in [1.82, 2.24) is 5.32 Å². The standard InChI is InChI=1S/C17H23F2NO3/c1-12(11-23-15-6-5-13(18)9-14(15)19)20-16(21)10-17(22)7-3-2-4-8-17/h5-6,9,12,22H,2-4,7-8,10-11H2,1H3,(H,20,21). The van der Waals surface area contributed by atoms with Crippen LogP contribution >= 0.6 is 0 Å². The molecule has 1 aliphatic carbocycles. The molecule has 0 heterocycles. The monoisotopic (exact) mass is 327 g/mol. The second-order valence-electron chi connectivity index (χ2n) is 6.32. The fraction of sp³-hybridized carbons (Fsp3) is 0.588. The van der Waals surface area contributed by atoms with Crippen molar-refractivity contribution in [3.63, 3.8) is 0 Å². The van der Waals surface area contributed by atoms with Crippen LogP contribution in [0.3, 0.4) is 0 Å². The zero-order valence-electron chi connectivity index (χ0n) is 13.3. The first-order valence-electron chi connectivity index (χ1n) is 7.98. The number of benzene rings is 1. The van der Waals surface area contributed by atoms with Crippen LogP contribution in [0.15, 0.2) is 18.2 Å². The molecular formula is C17H23F2NO3. The Morgan fingerprint density at radius 1 is 1.35 bits per heavy atom. The summed E-state index contributed by atoms with van der Waals surface area (Å²) in [4.78, 5) is 12.0. The molecule has 1 aromatic carbocycles. The van der Waals surface area contributed by atoms with Crippen molar-refractivity contribution in [2.45, 2.75) is 57.1 Å². The van der Waals surface area contributed by atoms with Gasteiger partial charge in [0.15, 0.2) is 11.6 Å². The van der Waals surface area contributed by atoms with Crippen molar-refractivity contribution in [2.24, 2.45) is 0 Å². The maximum Gasteiger partial charge on any atom is 0.223 e.